The Labute approximate surface area is 82.8 Å². The van der Waals surface area contributed by atoms with Crippen molar-refractivity contribution in [2.24, 2.45) is 0 Å². The average Bonchev–Trinajstić information content (AvgIpc) is 2.18. The van der Waals surface area contributed by atoms with Crippen molar-refractivity contribution >= 4 is 5.97 Å². The molecule has 0 aromatic carbocycles. The summed E-state index contributed by atoms with van der Waals surface area (Å²) in [7, 11) is 0. The first-order valence-corrected chi connectivity index (χ1v) is 4.86. The van der Waals surface area contributed by atoms with Gasteiger partial charge in [-0.2, -0.15) is 0 Å². The van der Waals surface area contributed by atoms with Crippen LogP contribution in [0.25, 0.3) is 0 Å². The molecule has 0 bridgehead atoms. The fourth-order valence-electron chi connectivity index (χ4n) is 1.98. The lowest BCUT2D eigenvalue weighted by Gasteiger charge is -2.37. The van der Waals surface area contributed by atoms with E-state index in [1.165, 1.54) is 5.70 Å². The number of carboxylic acids is 1. The fourth-order valence-corrected chi connectivity index (χ4v) is 1.98. The molecule has 78 valence electrons. The SMILES string of the molecule is O=C(O)CC1=C2CNCCN2CNC1. The summed E-state index contributed by atoms with van der Waals surface area (Å²) in [6, 6.07) is 0. The van der Waals surface area contributed by atoms with Crippen LogP contribution in [0.3, 0.4) is 0 Å². The lowest BCUT2D eigenvalue weighted by Crippen LogP contribution is -2.50. The summed E-state index contributed by atoms with van der Waals surface area (Å²) in [4.78, 5) is 12.9. The van der Waals surface area contributed by atoms with E-state index in [9.17, 15) is 4.79 Å². The Kier molecular flexibility index (Phi) is 2.69. The first-order valence-electron chi connectivity index (χ1n) is 4.86. The second kappa shape index (κ2) is 3.98. The number of nitrogens with one attached hydrogen (secondary N) is 2. The quantitative estimate of drug-likeness (QED) is 0.540. The van der Waals surface area contributed by atoms with Crippen LogP contribution in [0.2, 0.25) is 0 Å². The van der Waals surface area contributed by atoms with Gasteiger partial charge in [-0.25, -0.2) is 0 Å². The molecule has 0 spiro atoms. The predicted octanol–water partition coefficient (Wildman–Crippen LogP) is -0.819. The zero-order chi connectivity index (χ0) is 9.97. The van der Waals surface area contributed by atoms with E-state index in [0.717, 1.165) is 31.9 Å². The average molecular weight is 197 g/mol. The van der Waals surface area contributed by atoms with Crippen molar-refractivity contribution in [2.45, 2.75) is 6.42 Å². The Hall–Kier alpha value is -1.07. The van der Waals surface area contributed by atoms with Gasteiger partial charge in [0.05, 0.1) is 13.1 Å². The van der Waals surface area contributed by atoms with Gasteiger partial charge in [-0.3, -0.25) is 10.1 Å². The summed E-state index contributed by atoms with van der Waals surface area (Å²) in [5.41, 5.74) is 2.19. The van der Waals surface area contributed by atoms with Crippen LogP contribution in [0.4, 0.5) is 0 Å². The zero-order valence-corrected chi connectivity index (χ0v) is 8.05. The smallest absolute Gasteiger partial charge is 0.307 e. The molecule has 2 aliphatic heterocycles. The Balaban J connectivity index is 2.16. The highest BCUT2D eigenvalue weighted by Crippen LogP contribution is 2.17. The normalized spacial score (nSPS) is 22.1. The first kappa shape index (κ1) is 9.48. The van der Waals surface area contributed by atoms with E-state index in [4.69, 9.17) is 5.11 Å². The molecule has 1 fully saturated rings. The molecule has 1 saturated heterocycles. The molecule has 0 aromatic rings. The molecule has 0 atom stereocenters. The zero-order valence-electron chi connectivity index (χ0n) is 8.05. The van der Waals surface area contributed by atoms with Gasteiger partial charge >= 0.3 is 5.97 Å². The topological polar surface area (TPSA) is 64.6 Å². The van der Waals surface area contributed by atoms with Crippen molar-refractivity contribution in [3.8, 4) is 0 Å². The van der Waals surface area contributed by atoms with Gasteiger partial charge < -0.3 is 15.3 Å². The molecule has 2 rings (SSSR count). The van der Waals surface area contributed by atoms with Gasteiger partial charge in [0.1, 0.15) is 0 Å². The number of hydrogen-bond acceptors (Lipinski definition) is 4. The number of nitrogens with zero attached hydrogens (tertiary/aromatic N) is 1. The van der Waals surface area contributed by atoms with Gasteiger partial charge in [0.2, 0.25) is 0 Å². The molecule has 0 radical (unpaired) electrons. The number of piperazine rings is 1. The molecule has 5 nitrogen and oxygen atoms in total. The van der Waals surface area contributed by atoms with Gasteiger partial charge in [0.25, 0.3) is 0 Å². The molecule has 0 saturated carbocycles. The maximum atomic E-state index is 10.6. The van der Waals surface area contributed by atoms with E-state index in [2.05, 4.69) is 15.5 Å². The highest BCUT2D eigenvalue weighted by molar-refractivity contribution is 5.70. The lowest BCUT2D eigenvalue weighted by atomic mass is 10.1. The third kappa shape index (κ3) is 1.88. The van der Waals surface area contributed by atoms with Crippen LogP contribution in [0.1, 0.15) is 6.42 Å². The highest BCUT2D eigenvalue weighted by Gasteiger charge is 2.22. The van der Waals surface area contributed by atoms with Crippen molar-refractivity contribution in [1.29, 1.82) is 0 Å². The van der Waals surface area contributed by atoms with E-state index in [0.29, 0.717) is 6.54 Å². The van der Waals surface area contributed by atoms with E-state index in [-0.39, 0.29) is 6.42 Å². The minimum atomic E-state index is -0.748. The molecule has 5 heteroatoms. The Morgan fingerprint density at radius 2 is 2.29 bits per heavy atom. The van der Waals surface area contributed by atoms with Crippen molar-refractivity contribution < 1.29 is 9.90 Å². The lowest BCUT2D eigenvalue weighted by molar-refractivity contribution is -0.136. The minimum absolute atomic E-state index is 0.153. The fraction of sp³-hybridized carbons (Fsp3) is 0.667. The van der Waals surface area contributed by atoms with Gasteiger partial charge in [-0.05, 0) is 5.57 Å². The van der Waals surface area contributed by atoms with Gasteiger partial charge in [0, 0.05) is 31.9 Å². The summed E-state index contributed by atoms with van der Waals surface area (Å²) in [5.74, 6) is -0.748. The number of hydrogen-bond donors (Lipinski definition) is 3. The molecule has 0 aliphatic carbocycles. The second-order valence-electron chi connectivity index (χ2n) is 3.65. The van der Waals surface area contributed by atoms with Crippen molar-refractivity contribution in [3.05, 3.63) is 11.3 Å². The third-order valence-electron chi connectivity index (χ3n) is 2.65. The summed E-state index contributed by atoms with van der Waals surface area (Å²) in [5, 5.41) is 15.2. The standard InChI is InChI=1S/C9H15N3O2/c13-9(14)3-7-4-11-6-12-2-1-10-5-8(7)12/h10-11H,1-6H2,(H,13,14). The molecular formula is C9H15N3O2. The molecule has 0 aromatic heterocycles. The maximum absolute atomic E-state index is 10.6. The summed E-state index contributed by atoms with van der Waals surface area (Å²) in [6.45, 7) is 4.31. The monoisotopic (exact) mass is 197 g/mol. The third-order valence-corrected chi connectivity index (χ3v) is 2.65. The second-order valence-corrected chi connectivity index (χ2v) is 3.65. The van der Waals surface area contributed by atoms with Crippen LogP contribution >= 0.6 is 0 Å². The predicted molar refractivity (Wildman–Crippen MR) is 51.7 cm³/mol. The molecule has 2 heterocycles. The van der Waals surface area contributed by atoms with Crippen LogP contribution in [0.5, 0.6) is 0 Å². The van der Waals surface area contributed by atoms with Gasteiger partial charge in [-0.15, -0.1) is 0 Å². The van der Waals surface area contributed by atoms with Crippen molar-refractivity contribution in [1.82, 2.24) is 15.5 Å². The number of carboxylic acid groups (broad SMARTS) is 1. The molecule has 0 unspecified atom stereocenters. The number of carbonyl (C=O) groups is 1. The van der Waals surface area contributed by atoms with Gasteiger partial charge in [0.15, 0.2) is 0 Å². The molecule has 14 heavy (non-hydrogen) atoms. The van der Waals surface area contributed by atoms with Crippen LogP contribution < -0.4 is 10.6 Å². The molecular weight excluding hydrogens is 182 g/mol. The highest BCUT2D eigenvalue weighted by atomic mass is 16.4. The number of fused-ring (bicyclic) bond motifs is 1. The van der Waals surface area contributed by atoms with Gasteiger partial charge in [-0.1, -0.05) is 0 Å². The molecule has 3 N–H and O–H groups in total. The van der Waals surface area contributed by atoms with Crippen LogP contribution in [-0.4, -0.2) is 48.8 Å². The minimum Gasteiger partial charge on any atom is -0.481 e. The van der Waals surface area contributed by atoms with Crippen LogP contribution in [0.15, 0.2) is 11.3 Å². The van der Waals surface area contributed by atoms with Crippen molar-refractivity contribution in [2.75, 3.05) is 32.8 Å². The summed E-state index contributed by atoms with van der Waals surface area (Å²) >= 11 is 0. The molecule has 0 amide bonds. The Morgan fingerprint density at radius 1 is 1.43 bits per heavy atom. The van der Waals surface area contributed by atoms with E-state index < -0.39 is 5.97 Å². The van der Waals surface area contributed by atoms with E-state index in [1.807, 2.05) is 0 Å². The first-order chi connectivity index (χ1) is 6.77. The van der Waals surface area contributed by atoms with E-state index >= 15 is 0 Å². The molecule has 2 aliphatic rings. The number of aliphatic carboxylic acids is 1. The summed E-state index contributed by atoms with van der Waals surface area (Å²) in [6.07, 6.45) is 0.153. The largest absolute Gasteiger partial charge is 0.481 e. The van der Waals surface area contributed by atoms with Crippen LogP contribution in [0, 0.1) is 0 Å². The van der Waals surface area contributed by atoms with Crippen LogP contribution in [-0.2, 0) is 4.79 Å². The number of rotatable bonds is 2. The Morgan fingerprint density at radius 3 is 3.07 bits per heavy atom. The van der Waals surface area contributed by atoms with Crippen molar-refractivity contribution in [3.63, 3.8) is 0 Å². The summed E-state index contributed by atoms with van der Waals surface area (Å²) < 4.78 is 0. The maximum Gasteiger partial charge on any atom is 0.307 e. The Bertz CT molecular complexity index is 275. The van der Waals surface area contributed by atoms with E-state index in [1.54, 1.807) is 0 Å².